The van der Waals surface area contributed by atoms with Crippen LogP contribution >= 0.6 is 45.2 Å². The van der Waals surface area contributed by atoms with E-state index in [9.17, 15) is 15.2 Å². The van der Waals surface area contributed by atoms with Gasteiger partial charge >= 0.3 is 5.97 Å². The summed E-state index contributed by atoms with van der Waals surface area (Å²) in [7, 11) is 0. The highest BCUT2D eigenvalue weighted by atomic mass is 127. The maximum absolute atomic E-state index is 11.3. The zero-order valence-corrected chi connectivity index (χ0v) is 13.8. The zero-order chi connectivity index (χ0) is 14.0. The van der Waals surface area contributed by atoms with Gasteiger partial charge in [0.25, 0.3) is 0 Å². The number of nitrogens with zero attached hydrogens (tertiary/aromatic N) is 1. The quantitative estimate of drug-likeness (QED) is 0.665. The molecule has 5 heteroatoms. The fraction of sp³-hybridized carbons (Fsp3) is 0. The number of carbonyl (C=O) groups is 1. The lowest BCUT2D eigenvalue weighted by atomic mass is 9.96. The van der Waals surface area contributed by atoms with Crippen LogP contribution in [0.5, 0.6) is 0 Å². The van der Waals surface area contributed by atoms with Gasteiger partial charge in [0, 0.05) is 12.7 Å². The molecule has 0 saturated heterocycles. The Hall–Kier alpha value is -1.14. The maximum atomic E-state index is 11.3. The molecule has 1 N–H and O–H groups in total. The SMILES string of the molecule is N#Cc1cc(I)ccc1-c1ccc(I)cc1C(=O)O. The van der Waals surface area contributed by atoms with Crippen molar-refractivity contribution in [2.75, 3.05) is 0 Å². The second kappa shape index (κ2) is 5.88. The van der Waals surface area contributed by atoms with Crippen molar-refractivity contribution in [1.82, 2.24) is 0 Å². The molecule has 0 bridgehead atoms. The molecule has 0 aliphatic heterocycles. The molecule has 0 fully saturated rings. The van der Waals surface area contributed by atoms with E-state index < -0.39 is 5.97 Å². The van der Waals surface area contributed by atoms with Crippen molar-refractivity contribution in [3.63, 3.8) is 0 Å². The second-order valence-corrected chi connectivity index (χ2v) is 6.29. The van der Waals surface area contributed by atoms with Crippen molar-refractivity contribution in [2.45, 2.75) is 0 Å². The lowest BCUT2D eigenvalue weighted by Crippen LogP contribution is -2.01. The first-order valence-corrected chi connectivity index (χ1v) is 7.41. The molecule has 0 saturated carbocycles. The molecule has 0 radical (unpaired) electrons. The Morgan fingerprint density at radius 3 is 2.21 bits per heavy atom. The van der Waals surface area contributed by atoms with Crippen molar-refractivity contribution in [2.24, 2.45) is 0 Å². The first kappa shape index (κ1) is 14.3. The minimum Gasteiger partial charge on any atom is -0.478 e. The van der Waals surface area contributed by atoms with Crippen LogP contribution in [0.1, 0.15) is 15.9 Å². The Kier molecular flexibility index (Phi) is 4.42. The van der Waals surface area contributed by atoms with E-state index in [1.54, 1.807) is 24.3 Å². The zero-order valence-electron chi connectivity index (χ0n) is 9.52. The topological polar surface area (TPSA) is 61.1 Å². The number of benzene rings is 2. The van der Waals surface area contributed by atoms with Crippen LogP contribution in [-0.2, 0) is 0 Å². The predicted octanol–water partition coefficient (Wildman–Crippen LogP) is 4.13. The fourth-order valence-electron chi connectivity index (χ4n) is 1.77. The highest BCUT2D eigenvalue weighted by Crippen LogP contribution is 2.29. The first-order valence-electron chi connectivity index (χ1n) is 5.26. The van der Waals surface area contributed by atoms with Crippen molar-refractivity contribution in [1.29, 1.82) is 5.26 Å². The Labute approximate surface area is 137 Å². The summed E-state index contributed by atoms with van der Waals surface area (Å²) < 4.78 is 1.79. The average molecular weight is 475 g/mol. The monoisotopic (exact) mass is 475 g/mol. The maximum Gasteiger partial charge on any atom is 0.336 e. The highest BCUT2D eigenvalue weighted by molar-refractivity contribution is 14.1. The van der Waals surface area contributed by atoms with E-state index in [0.717, 1.165) is 7.14 Å². The molecule has 0 amide bonds. The summed E-state index contributed by atoms with van der Waals surface area (Å²) in [5, 5.41) is 18.5. The van der Waals surface area contributed by atoms with E-state index in [4.69, 9.17) is 0 Å². The molecule has 0 spiro atoms. The van der Waals surface area contributed by atoms with Crippen molar-refractivity contribution < 1.29 is 9.90 Å². The van der Waals surface area contributed by atoms with Gasteiger partial charge in [0.2, 0.25) is 0 Å². The van der Waals surface area contributed by atoms with Gasteiger partial charge in [-0.15, -0.1) is 0 Å². The van der Waals surface area contributed by atoms with Crippen LogP contribution in [0.3, 0.4) is 0 Å². The van der Waals surface area contributed by atoms with Gasteiger partial charge < -0.3 is 5.11 Å². The molecule has 0 heterocycles. The molecule has 0 aromatic heterocycles. The molecule has 94 valence electrons. The van der Waals surface area contributed by atoms with Crippen LogP contribution in [0, 0.1) is 18.5 Å². The number of carboxylic acids is 1. The summed E-state index contributed by atoms with van der Waals surface area (Å²) in [5.41, 5.74) is 1.91. The Morgan fingerprint density at radius 1 is 1.05 bits per heavy atom. The average Bonchev–Trinajstić information content (AvgIpc) is 2.38. The Bertz CT molecular complexity index is 705. The van der Waals surface area contributed by atoms with Gasteiger partial charge in [0.1, 0.15) is 0 Å². The summed E-state index contributed by atoms with van der Waals surface area (Å²) in [5.74, 6) is -0.990. The molecule has 2 aromatic carbocycles. The van der Waals surface area contributed by atoms with Crippen LogP contribution in [0.4, 0.5) is 0 Å². The van der Waals surface area contributed by atoms with Crippen LogP contribution in [-0.4, -0.2) is 11.1 Å². The molecule has 0 aliphatic carbocycles. The first-order chi connectivity index (χ1) is 9.02. The van der Waals surface area contributed by atoms with Crippen LogP contribution in [0.25, 0.3) is 11.1 Å². The lowest BCUT2D eigenvalue weighted by Gasteiger charge is -2.09. The van der Waals surface area contributed by atoms with Gasteiger partial charge in [-0.3, -0.25) is 0 Å². The number of rotatable bonds is 2. The molecular formula is C14H7I2NO2. The molecule has 3 nitrogen and oxygen atoms in total. The third-order valence-electron chi connectivity index (χ3n) is 2.60. The Balaban J connectivity index is 2.73. The van der Waals surface area contributed by atoms with E-state index >= 15 is 0 Å². The third kappa shape index (κ3) is 3.06. The van der Waals surface area contributed by atoms with Gasteiger partial charge in [-0.1, -0.05) is 12.1 Å². The predicted molar refractivity (Wildman–Crippen MR) is 89.0 cm³/mol. The molecule has 2 rings (SSSR count). The molecule has 0 unspecified atom stereocenters. The van der Waals surface area contributed by atoms with Gasteiger partial charge in [-0.05, 0) is 75.0 Å². The van der Waals surface area contributed by atoms with Crippen molar-refractivity contribution in [3.05, 3.63) is 54.7 Å². The highest BCUT2D eigenvalue weighted by Gasteiger charge is 2.15. The number of nitriles is 1. The standard InChI is InChI=1S/C14H7I2NO2/c15-9-1-3-11(8(5-9)7-17)12-4-2-10(16)6-13(12)14(18)19/h1-6H,(H,18,19). The minimum atomic E-state index is -0.990. The fourth-order valence-corrected chi connectivity index (χ4v) is 2.75. The number of hydrogen-bond acceptors (Lipinski definition) is 2. The van der Waals surface area contributed by atoms with E-state index in [1.807, 2.05) is 12.1 Å². The Morgan fingerprint density at radius 2 is 1.63 bits per heavy atom. The summed E-state index contributed by atoms with van der Waals surface area (Å²) in [4.78, 5) is 11.3. The van der Waals surface area contributed by atoms with E-state index in [1.165, 1.54) is 0 Å². The molecule has 0 aliphatic rings. The molecule has 0 atom stereocenters. The lowest BCUT2D eigenvalue weighted by molar-refractivity contribution is 0.0697. The smallest absolute Gasteiger partial charge is 0.336 e. The van der Waals surface area contributed by atoms with Gasteiger partial charge in [-0.25, -0.2) is 4.79 Å². The summed E-state index contributed by atoms with van der Waals surface area (Å²) in [6.07, 6.45) is 0. The second-order valence-electron chi connectivity index (χ2n) is 3.80. The van der Waals surface area contributed by atoms with E-state index in [2.05, 4.69) is 51.3 Å². The summed E-state index contributed by atoms with van der Waals surface area (Å²) >= 11 is 4.19. The van der Waals surface area contributed by atoms with Gasteiger partial charge in [0.15, 0.2) is 0 Å². The molecule has 2 aromatic rings. The number of carboxylic acid groups (broad SMARTS) is 1. The van der Waals surface area contributed by atoms with E-state index in [-0.39, 0.29) is 5.56 Å². The van der Waals surface area contributed by atoms with Crippen molar-refractivity contribution >= 4 is 51.2 Å². The number of aromatic carboxylic acids is 1. The van der Waals surface area contributed by atoms with Gasteiger partial charge in [0.05, 0.1) is 17.2 Å². The minimum absolute atomic E-state index is 0.213. The molecular weight excluding hydrogens is 468 g/mol. The number of halogens is 2. The van der Waals surface area contributed by atoms with Crippen LogP contribution in [0.2, 0.25) is 0 Å². The van der Waals surface area contributed by atoms with Crippen molar-refractivity contribution in [3.8, 4) is 17.2 Å². The largest absolute Gasteiger partial charge is 0.478 e. The summed E-state index contributed by atoms with van der Waals surface area (Å²) in [6, 6.07) is 12.7. The van der Waals surface area contributed by atoms with Gasteiger partial charge in [-0.2, -0.15) is 5.26 Å². The van der Waals surface area contributed by atoms with Crippen LogP contribution in [0.15, 0.2) is 36.4 Å². The summed E-state index contributed by atoms with van der Waals surface area (Å²) in [6.45, 7) is 0. The normalized spacial score (nSPS) is 9.95. The third-order valence-corrected chi connectivity index (χ3v) is 3.95. The number of hydrogen-bond donors (Lipinski definition) is 1. The molecule has 19 heavy (non-hydrogen) atoms. The van der Waals surface area contributed by atoms with Crippen LogP contribution < -0.4 is 0 Å². The van der Waals surface area contributed by atoms with E-state index in [0.29, 0.717) is 16.7 Å².